The fraction of sp³-hybridized carbons (Fsp3) is 0.444. The average Bonchev–Trinajstić information content (AvgIpc) is 3.51. The molecule has 0 unspecified atom stereocenters. The van der Waals surface area contributed by atoms with Crippen LogP contribution in [-0.2, 0) is 4.74 Å². The molecule has 0 bridgehead atoms. The van der Waals surface area contributed by atoms with Gasteiger partial charge in [0.15, 0.2) is 5.82 Å². The van der Waals surface area contributed by atoms with Crippen LogP contribution in [0.2, 0.25) is 0 Å². The third-order valence-corrected chi connectivity index (χ3v) is 6.86. The first-order valence-corrected chi connectivity index (χ1v) is 13.0. The van der Waals surface area contributed by atoms with Crippen molar-refractivity contribution >= 4 is 34.2 Å². The molecule has 37 heavy (non-hydrogen) atoms. The van der Waals surface area contributed by atoms with Crippen molar-refractivity contribution in [3.05, 3.63) is 54.0 Å². The van der Waals surface area contributed by atoms with Gasteiger partial charge in [-0.2, -0.15) is 0 Å². The Morgan fingerprint density at radius 3 is 2.84 bits per heavy atom. The molecule has 10 heteroatoms. The summed E-state index contributed by atoms with van der Waals surface area (Å²) in [6.45, 7) is 7.72. The Kier molecular flexibility index (Phi) is 7.68. The van der Waals surface area contributed by atoms with Gasteiger partial charge in [-0.1, -0.05) is 6.07 Å². The van der Waals surface area contributed by atoms with Gasteiger partial charge < -0.3 is 29.7 Å². The first-order valence-electron chi connectivity index (χ1n) is 13.0. The SMILES string of the molecule is CN(C)CCNc1nn2ccccc2c1N=C1C=C(OCCCN2CCN(C)CC2)c2[nH]ccc2C1=N. The maximum atomic E-state index is 8.86. The van der Waals surface area contributed by atoms with E-state index in [-0.39, 0.29) is 0 Å². The number of aromatic amines is 1. The molecule has 0 radical (unpaired) electrons. The number of aliphatic imine (C=N–C) groups is 1. The van der Waals surface area contributed by atoms with E-state index >= 15 is 0 Å². The maximum absolute atomic E-state index is 8.86. The van der Waals surface area contributed by atoms with Crippen molar-refractivity contribution in [2.75, 3.05) is 78.9 Å². The molecule has 3 aromatic heterocycles. The monoisotopic (exact) mass is 503 g/mol. The number of aromatic nitrogens is 3. The molecule has 1 aliphatic heterocycles. The van der Waals surface area contributed by atoms with Crippen LogP contribution < -0.4 is 5.32 Å². The van der Waals surface area contributed by atoms with Crippen LogP contribution in [0.4, 0.5) is 11.5 Å². The fourth-order valence-electron chi connectivity index (χ4n) is 4.67. The van der Waals surface area contributed by atoms with Crippen LogP contribution in [0.15, 0.2) is 47.7 Å². The van der Waals surface area contributed by atoms with Crippen LogP contribution in [0.3, 0.4) is 0 Å². The summed E-state index contributed by atoms with van der Waals surface area (Å²) in [5.41, 5.74) is 4.19. The zero-order chi connectivity index (χ0) is 25.8. The Hall–Kier alpha value is -3.47. The number of nitrogens with zero attached hydrogens (tertiary/aromatic N) is 6. The number of piperazine rings is 1. The van der Waals surface area contributed by atoms with E-state index in [1.807, 2.05) is 61.3 Å². The van der Waals surface area contributed by atoms with Gasteiger partial charge in [0.05, 0.1) is 29.2 Å². The lowest BCUT2D eigenvalue weighted by Gasteiger charge is -2.32. The number of ether oxygens (including phenoxy) is 1. The molecule has 0 spiro atoms. The Bertz CT molecular complexity index is 1290. The number of rotatable bonds is 10. The summed E-state index contributed by atoms with van der Waals surface area (Å²) in [4.78, 5) is 15.2. The number of nitrogens with one attached hydrogen (secondary N) is 3. The molecular formula is C27H37N9O. The number of hydrogen-bond acceptors (Lipinski definition) is 8. The van der Waals surface area contributed by atoms with Crippen LogP contribution in [0, 0.1) is 5.41 Å². The Morgan fingerprint density at radius 1 is 1.19 bits per heavy atom. The van der Waals surface area contributed by atoms with E-state index in [1.165, 1.54) is 0 Å². The lowest BCUT2D eigenvalue weighted by atomic mass is 9.98. The van der Waals surface area contributed by atoms with Crippen molar-refractivity contribution in [3.8, 4) is 0 Å². The summed E-state index contributed by atoms with van der Waals surface area (Å²) in [5, 5.41) is 17.0. The molecule has 2 aliphatic rings. The van der Waals surface area contributed by atoms with Gasteiger partial charge in [0.25, 0.3) is 0 Å². The topological polar surface area (TPSA) is 100 Å². The van der Waals surface area contributed by atoms with Crippen LogP contribution in [0.25, 0.3) is 11.3 Å². The lowest BCUT2D eigenvalue weighted by molar-refractivity contribution is 0.142. The maximum Gasteiger partial charge on any atom is 0.175 e. The van der Waals surface area contributed by atoms with Crippen molar-refractivity contribution in [1.29, 1.82) is 5.41 Å². The Morgan fingerprint density at radius 2 is 2.03 bits per heavy atom. The normalized spacial score (nSPS) is 18.0. The minimum absolute atomic E-state index is 0.371. The van der Waals surface area contributed by atoms with E-state index in [9.17, 15) is 0 Å². The van der Waals surface area contributed by atoms with Crippen molar-refractivity contribution < 1.29 is 4.74 Å². The van der Waals surface area contributed by atoms with E-state index in [0.717, 1.165) is 80.5 Å². The van der Waals surface area contributed by atoms with Crippen LogP contribution >= 0.6 is 0 Å². The van der Waals surface area contributed by atoms with E-state index < -0.39 is 0 Å². The number of anilines is 1. The molecule has 3 aromatic rings. The van der Waals surface area contributed by atoms with Gasteiger partial charge in [0, 0.05) is 69.8 Å². The van der Waals surface area contributed by atoms with Crippen molar-refractivity contribution in [3.63, 3.8) is 0 Å². The number of hydrogen-bond donors (Lipinski definition) is 3. The second-order valence-corrected chi connectivity index (χ2v) is 9.95. The highest BCUT2D eigenvalue weighted by Gasteiger charge is 2.25. The van der Waals surface area contributed by atoms with E-state index in [4.69, 9.17) is 20.2 Å². The highest BCUT2D eigenvalue weighted by molar-refractivity contribution is 6.54. The quantitative estimate of drug-likeness (QED) is 0.368. The molecule has 5 rings (SSSR count). The first kappa shape index (κ1) is 25.2. The number of H-pyrrole nitrogens is 1. The summed E-state index contributed by atoms with van der Waals surface area (Å²) in [6.07, 6.45) is 6.60. The summed E-state index contributed by atoms with van der Waals surface area (Å²) in [6, 6.07) is 7.84. The van der Waals surface area contributed by atoms with E-state index in [2.05, 4.69) is 32.0 Å². The summed E-state index contributed by atoms with van der Waals surface area (Å²) < 4.78 is 8.08. The molecule has 196 valence electrons. The third kappa shape index (κ3) is 5.76. The Balaban J connectivity index is 1.36. The zero-order valence-electron chi connectivity index (χ0n) is 22.0. The van der Waals surface area contributed by atoms with Crippen LogP contribution in [0.1, 0.15) is 17.7 Å². The molecule has 10 nitrogen and oxygen atoms in total. The predicted molar refractivity (Wildman–Crippen MR) is 149 cm³/mol. The van der Waals surface area contributed by atoms with Crippen molar-refractivity contribution in [1.82, 2.24) is 29.3 Å². The van der Waals surface area contributed by atoms with Crippen molar-refractivity contribution in [2.45, 2.75) is 6.42 Å². The summed E-state index contributed by atoms with van der Waals surface area (Å²) in [5.74, 6) is 1.43. The molecule has 0 saturated carbocycles. The highest BCUT2D eigenvalue weighted by Crippen LogP contribution is 2.32. The number of pyridine rings is 1. The molecule has 1 aliphatic carbocycles. The van der Waals surface area contributed by atoms with Crippen molar-refractivity contribution in [2.24, 2.45) is 4.99 Å². The van der Waals surface area contributed by atoms with Gasteiger partial charge in [0.1, 0.15) is 11.4 Å². The molecule has 0 aromatic carbocycles. The smallest absolute Gasteiger partial charge is 0.175 e. The highest BCUT2D eigenvalue weighted by atomic mass is 16.5. The minimum Gasteiger partial charge on any atom is -0.491 e. The molecule has 1 saturated heterocycles. The largest absolute Gasteiger partial charge is 0.491 e. The van der Waals surface area contributed by atoms with Gasteiger partial charge in [0.2, 0.25) is 0 Å². The van der Waals surface area contributed by atoms with Crippen LogP contribution in [0.5, 0.6) is 0 Å². The van der Waals surface area contributed by atoms with Gasteiger partial charge in [-0.25, -0.2) is 9.51 Å². The fourth-order valence-corrected chi connectivity index (χ4v) is 4.67. The molecule has 0 amide bonds. The molecule has 3 N–H and O–H groups in total. The van der Waals surface area contributed by atoms with Gasteiger partial charge >= 0.3 is 0 Å². The summed E-state index contributed by atoms with van der Waals surface area (Å²) in [7, 11) is 6.26. The molecule has 1 fully saturated rings. The second-order valence-electron chi connectivity index (χ2n) is 9.95. The van der Waals surface area contributed by atoms with E-state index in [1.54, 1.807) is 0 Å². The average molecular weight is 504 g/mol. The second kappa shape index (κ2) is 11.3. The predicted octanol–water partition coefficient (Wildman–Crippen LogP) is 2.79. The zero-order valence-corrected chi connectivity index (χ0v) is 22.0. The summed E-state index contributed by atoms with van der Waals surface area (Å²) >= 11 is 0. The van der Waals surface area contributed by atoms with Gasteiger partial charge in [-0.15, -0.1) is 5.10 Å². The van der Waals surface area contributed by atoms with Gasteiger partial charge in [-0.3, -0.25) is 5.41 Å². The minimum atomic E-state index is 0.371. The number of fused-ring (bicyclic) bond motifs is 2. The molecule has 0 atom stereocenters. The molecule has 4 heterocycles. The Labute approximate surface area is 218 Å². The third-order valence-electron chi connectivity index (χ3n) is 6.86. The lowest BCUT2D eigenvalue weighted by Crippen LogP contribution is -2.44. The number of likely N-dealkylation sites (N-methyl/N-ethyl adjacent to an activating group) is 2. The standard InChI is InChI=1S/C27H37N9O/c1-33(2)13-10-30-27-26(22-7-4-5-12-36(22)32-27)31-21-19-23(25-20(24(21)28)8-9-29-25)37-18-6-11-35-16-14-34(3)15-17-35/h4-5,7-9,12,19,28-29H,6,10-11,13-18H2,1-3H3,(H,30,32). The van der Waals surface area contributed by atoms with Crippen LogP contribution in [-0.4, -0.2) is 114 Å². The van der Waals surface area contributed by atoms with E-state index in [0.29, 0.717) is 23.8 Å². The number of allylic oxidation sites excluding steroid dienone is 1. The first-order chi connectivity index (χ1) is 18.0. The molecular weight excluding hydrogens is 466 g/mol. The van der Waals surface area contributed by atoms with Gasteiger partial charge in [-0.05, 0) is 45.8 Å².